The van der Waals surface area contributed by atoms with Gasteiger partial charge in [-0.2, -0.15) is 0 Å². The number of guanidine groups is 1. The van der Waals surface area contributed by atoms with Crippen LogP contribution in [0.2, 0.25) is 0 Å². The van der Waals surface area contributed by atoms with E-state index in [1.54, 1.807) is 4.90 Å². The molecule has 1 fully saturated rings. The average molecular weight is 580 g/mol. The molecule has 1 aliphatic heterocycles. The van der Waals surface area contributed by atoms with Crippen LogP contribution in [-0.2, 0) is 4.79 Å². The number of nitrogens with one attached hydrogen (secondary N) is 2. The van der Waals surface area contributed by atoms with E-state index in [0.29, 0.717) is 44.7 Å². The van der Waals surface area contributed by atoms with Crippen LogP contribution < -0.4 is 16.8 Å². The summed E-state index contributed by atoms with van der Waals surface area (Å²) in [5.74, 6) is 0.0680. The lowest BCUT2D eigenvalue weighted by Crippen LogP contribution is -2.49. The second kappa shape index (κ2) is 14.0. The van der Waals surface area contributed by atoms with Gasteiger partial charge in [-0.15, -0.1) is 0 Å². The normalized spacial score (nSPS) is 17.2. The van der Waals surface area contributed by atoms with Gasteiger partial charge in [0.1, 0.15) is 5.69 Å². The van der Waals surface area contributed by atoms with Crippen LogP contribution in [0, 0.1) is 0 Å². The molecule has 0 spiro atoms. The Balaban J connectivity index is 1.34. The lowest BCUT2D eigenvalue weighted by molar-refractivity contribution is -0.133. The third-order valence-corrected chi connectivity index (χ3v) is 8.15. The zero-order valence-corrected chi connectivity index (χ0v) is 24.7. The number of fused-ring (bicyclic) bond motifs is 1. The maximum absolute atomic E-state index is 14.1. The summed E-state index contributed by atoms with van der Waals surface area (Å²) in [6, 6.07) is 29.9. The fourth-order valence-corrected chi connectivity index (χ4v) is 5.92. The van der Waals surface area contributed by atoms with Crippen molar-refractivity contribution in [3.8, 4) is 0 Å². The van der Waals surface area contributed by atoms with Crippen molar-refractivity contribution in [1.29, 1.82) is 0 Å². The van der Waals surface area contributed by atoms with E-state index in [9.17, 15) is 9.59 Å². The van der Waals surface area contributed by atoms with Crippen LogP contribution in [0.15, 0.2) is 96.0 Å². The van der Waals surface area contributed by atoms with Crippen molar-refractivity contribution < 1.29 is 9.59 Å². The quantitative estimate of drug-likeness (QED) is 0.122. The Labute approximate surface area is 253 Å². The van der Waals surface area contributed by atoms with Gasteiger partial charge < -0.3 is 31.6 Å². The van der Waals surface area contributed by atoms with Crippen molar-refractivity contribution in [2.24, 2.45) is 16.5 Å². The molecule has 2 heterocycles. The molecule has 0 radical (unpaired) electrons. The molecule has 9 nitrogen and oxygen atoms in total. The number of hydrogen-bond acceptors (Lipinski definition) is 4. The topological polar surface area (TPSA) is 133 Å². The first-order valence-corrected chi connectivity index (χ1v) is 14.9. The van der Waals surface area contributed by atoms with Crippen molar-refractivity contribution in [1.82, 2.24) is 20.1 Å². The Morgan fingerprint density at radius 1 is 1.00 bits per heavy atom. The minimum atomic E-state index is -0.412. The predicted molar refractivity (Wildman–Crippen MR) is 172 cm³/mol. The largest absolute Gasteiger partial charge is 0.370 e. The molecule has 0 saturated carbocycles. The molecular weight excluding hydrogens is 538 g/mol. The number of para-hydroxylation sites is 1. The summed E-state index contributed by atoms with van der Waals surface area (Å²) in [5, 5.41) is 4.59. The second-order valence-corrected chi connectivity index (χ2v) is 11.3. The summed E-state index contributed by atoms with van der Waals surface area (Å²) < 4.78 is 0. The molecule has 1 aliphatic rings. The summed E-state index contributed by atoms with van der Waals surface area (Å²) in [7, 11) is 1.81. The summed E-state index contributed by atoms with van der Waals surface area (Å²) in [5.41, 5.74) is 14.9. The molecule has 2 atom stereocenters. The second-order valence-electron chi connectivity index (χ2n) is 11.3. The van der Waals surface area contributed by atoms with E-state index in [2.05, 4.69) is 39.6 Å². The number of hydrogen-bond donors (Lipinski definition) is 4. The summed E-state index contributed by atoms with van der Waals surface area (Å²) >= 11 is 0. The number of carbonyl (C=O) groups excluding carboxylic acids is 2. The van der Waals surface area contributed by atoms with Gasteiger partial charge in [0.15, 0.2) is 5.96 Å². The number of H-pyrrole nitrogens is 1. The van der Waals surface area contributed by atoms with E-state index in [1.807, 2.05) is 78.7 Å². The number of likely N-dealkylation sites (N-methyl/N-ethyl adjacent to an activating group) is 1. The smallest absolute Gasteiger partial charge is 0.270 e. The van der Waals surface area contributed by atoms with Gasteiger partial charge in [-0.1, -0.05) is 78.9 Å². The zero-order valence-electron chi connectivity index (χ0n) is 24.7. The van der Waals surface area contributed by atoms with Crippen molar-refractivity contribution in [3.05, 3.63) is 108 Å². The molecule has 5 rings (SSSR count). The molecular formula is C34H41N7O2. The van der Waals surface area contributed by atoms with Crippen molar-refractivity contribution in [2.45, 2.75) is 37.3 Å². The summed E-state index contributed by atoms with van der Waals surface area (Å²) in [4.78, 5) is 38.5. The minimum Gasteiger partial charge on any atom is -0.370 e. The van der Waals surface area contributed by atoms with E-state index in [4.69, 9.17) is 11.5 Å². The average Bonchev–Trinajstić information content (AvgIpc) is 3.41. The lowest BCUT2D eigenvalue weighted by atomic mass is 9.90. The molecule has 4 aromatic rings. The van der Waals surface area contributed by atoms with Crippen LogP contribution in [0.25, 0.3) is 10.9 Å². The number of amides is 2. The number of aromatic nitrogens is 1. The highest BCUT2D eigenvalue weighted by Crippen LogP contribution is 2.27. The van der Waals surface area contributed by atoms with Crippen LogP contribution >= 0.6 is 0 Å². The molecule has 9 heteroatoms. The van der Waals surface area contributed by atoms with E-state index in [-0.39, 0.29) is 29.7 Å². The van der Waals surface area contributed by atoms with Gasteiger partial charge in [0.2, 0.25) is 5.91 Å². The Morgan fingerprint density at radius 3 is 2.30 bits per heavy atom. The fourth-order valence-electron chi connectivity index (χ4n) is 5.92. The van der Waals surface area contributed by atoms with E-state index < -0.39 is 6.04 Å². The molecule has 224 valence electrons. The zero-order chi connectivity index (χ0) is 30.2. The Bertz CT molecular complexity index is 1460. The molecule has 1 saturated heterocycles. The first-order valence-electron chi connectivity index (χ1n) is 14.9. The maximum Gasteiger partial charge on any atom is 0.270 e. The molecule has 0 aliphatic carbocycles. The summed E-state index contributed by atoms with van der Waals surface area (Å²) in [6.07, 6.45) is 1.97. The minimum absolute atomic E-state index is 0.0384. The number of carbonyl (C=O) groups is 2. The Hall–Kier alpha value is -4.63. The van der Waals surface area contributed by atoms with Gasteiger partial charge in [0.05, 0.1) is 6.04 Å². The van der Waals surface area contributed by atoms with Gasteiger partial charge in [0.25, 0.3) is 5.91 Å². The number of aliphatic imine (C=N–C) groups is 1. The SMILES string of the molecule is CN(C[C@@H]1CCN(CC(c2ccccc2)c2ccccc2)C(=O)[C@H](CCCN=C(N)N)N1)C(=O)c1cc2ccccc2[nH]1. The third kappa shape index (κ3) is 7.61. The molecule has 0 bridgehead atoms. The van der Waals surface area contributed by atoms with Crippen LogP contribution in [0.5, 0.6) is 0 Å². The number of aromatic amines is 1. The van der Waals surface area contributed by atoms with Gasteiger partial charge in [0, 0.05) is 56.1 Å². The first kappa shape index (κ1) is 29.8. The lowest BCUT2D eigenvalue weighted by Gasteiger charge is -2.29. The monoisotopic (exact) mass is 579 g/mol. The number of rotatable bonds is 11. The van der Waals surface area contributed by atoms with Gasteiger partial charge in [-0.05, 0) is 42.5 Å². The Kier molecular flexibility index (Phi) is 9.73. The predicted octanol–water partition coefficient (Wildman–Crippen LogP) is 3.68. The van der Waals surface area contributed by atoms with E-state index in [1.165, 1.54) is 11.1 Å². The number of nitrogens with two attached hydrogens (primary N) is 2. The number of nitrogens with zero attached hydrogens (tertiary/aromatic N) is 3. The molecule has 6 N–H and O–H groups in total. The van der Waals surface area contributed by atoms with E-state index in [0.717, 1.165) is 17.3 Å². The third-order valence-electron chi connectivity index (χ3n) is 8.15. The molecule has 2 amide bonds. The highest BCUT2D eigenvalue weighted by Gasteiger charge is 2.33. The standard InChI is InChI=1S/C34H41N7O2/c1-40(32(42)31-21-26-15-8-9-16-29(26)39-31)22-27-18-20-41(33(43)30(38-27)17-10-19-37-34(35)36)23-28(24-11-4-2-5-12-24)25-13-6-3-7-14-25/h2-9,11-16,21,27-28,30,38-39H,10,17-20,22-23H2,1H3,(H4,35,36,37)/t27-,30-/m0/s1. The van der Waals surface area contributed by atoms with E-state index >= 15 is 0 Å². The van der Waals surface area contributed by atoms with Crippen LogP contribution in [0.3, 0.4) is 0 Å². The molecule has 3 aromatic carbocycles. The highest BCUT2D eigenvalue weighted by molar-refractivity contribution is 5.97. The van der Waals surface area contributed by atoms with Crippen LogP contribution in [0.4, 0.5) is 0 Å². The first-order chi connectivity index (χ1) is 20.9. The van der Waals surface area contributed by atoms with Gasteiger partial charge in [-0.25, -0.2) is 0 Å². The van der Waals surface area contributed by atoms with Crippen molar-refractivity contribution in [3.63, 3.8) is 0 Å². The van der Waals surface area contributed by atoms with Crippen molar-refractivity contribution in [2.75, 3.05) is 33.2 Å². The fraction of sp³-hybridized carbons (Fsp3) is 0.324. The molecule has 0 unspecified atom stereocenters. The maximum atomic E-state index is 14.1. The van der Waals surface area contributed by atoms with Crippen LogP contribution in [-0.4, -0.2) is 77.9 Å². The highest BCUT2D eigenvalue weighted by atomic mass is 16.2. The number of benzene rings is 3. The molecule has 43 heavy (non-hydrogen) atoms. The molecule has 1 aromatic heterocycles. The van der Waals surface area contributed by atoms with Gasteiger partial charge in [-0.3, -0.25) is 14.6 Å². The van der Waals surface area contributed by atoms with Crippen LogP contribution in [0.1, 0.15) is 46.8 Å². The van der Waals surface area contributed by atoms with Gasteiger partial charge >= 0.3 is 0 Å². The summed E-state index contributed by atoms with van der Waals surface area (Å²) in [6.45, 7) is 2.08. The van der Waals surface area contributed by atoms with Crippen molar-refractivity contribution >= 4 is 28.7 Å². The Morgan fingerprint density at radius 2 is 1.65 bits per heavy atom.